The molecule has 3 N–H and O–H groups in total. The molecule has 4 nitrogen and oxygen atoms in total. The Morgan fingerprint density at radius 3 is 2.62 bits per heavy atom. The summed E-state index contributed by atoms with van der Waals surface area (Å²) in [6.45, 7) is 0. The van der Waals surface area contributed by atoms with Gasteiger partial charge in [-0.1, -0.05) is 43.6 Å². The molecule has 0 aromatic rings. The van der Waals surface area contributed by atoms with Crippen LogP contribution in [0.1, 0.15) is 64.2 Å². The lowest BCUT2D eigenvalue weighted by atomic mass is 9.84. The highest BCUT2D eigenvalue weighted by atomic mass is 19.1. The lowest BCUT2D eigenvalue weighted by molar-refractivity contribution is -0.137. The maximum Gasteiger partial charge on any atom is 0.303 e. The van der Waals surface area contributed by atoms with E-state index in [9.17, 15) is 19.4 Å². The number of unbranched alkanes of at least 4 members (excludes halogenated alkanes) is 1. The first-order chi connectivity index (χ1) is 12.5. The molecule has 2 fully saturated rings. The molecule has 148 valence electrons. The van der Waals surface area contributed by atoms with Crippen molar-refractivity contribution in [2.24, 2.45) is 17.8 Å². The Morgan fingerprint density at radius 1 is 1.19 bits per heavy atom. The number of aliphatic hydroxyl groups is 2. The van der Waals surface area contributed by atoms with Gasteiger partial charge in [-0.2, -0.15) is 0 Å². The number of alkyl halides is 1. The highest BCUT2D eigenvalue weighted by Crippen LogP contribution is 2.38. The van der Waals surface area contributed by atoms with Gasteiger partial charge in [0.2, 0.25) is 0 Å². The van der Waals surface area contributed by atoms with Crippen LogP contribution < -0.4 is 0 Å². The van der Waals surface area contributed by atoms with Gasteiger partial charge in [-0.25, -0.2) is 4.39 Å². The second kappa shape index (κ2) is 10.8. The van der Waals surface area contributed by atoms with E-state index in [1.54, 1.807) is 12.2 Å². The van der Waals surface area contributed by atoms with Gasteiger partial charge in [0.05, 0.1) is 12.2 Å². The number of hydrogen-bond acceptors (Lipinski definition) is 3. The van der Waals surface area contributed by atoms with E-state index < -0.39 is 24.3 Å². The molecule has 0 aromatic heterocycles. The molecule has 0 amide bonds. The van der Waals surface area contributed by atoms with Crippen molar-refractivity contribution in [3.8, 4) is 0 Å². The first-order valence-electron chi connectivity index (χ1n) is 10.0. The van der Waals surface area contributed by atoms with Crippen molar-refractivity contribution in [2.75, 3.05) is 0 Å². The van der Waals surface area contributed by atoms with E-state index in [4.69, 9.17) is 5.11 Å². The Kier molecular flexibility index (Phi) is 8.79. The summed E-state index contributed by atoms with van der Waals surface area (Å²) in [5.74, 6) is -1.08. The molecule has 0 aliphatic heterocycles. The third-order valence-corrected chi connectivity index (χ3v) is 5.87. The first-order valence-corrected chi connectivity index (χ1v) is 10.0. The van der Waals surface area contributed by atoms with Gasteiger partial charge in [-0.3, -0.25) is 4.79 Å². The molecule has 0 aromatic carbocycles. The number of carboxylic acid groups (broad SMARTS) is 1. The van der Waals surface area contributed by atoms with E-state index in [-0.39, 0.29) is 30.6 Å². The summed E-state index contributed by atoms with van der Waals surface area (Å²) in [4.78, 5) is 10.5. The highest BCUT2D eigenvalue weighted by molar-refractivity contribution is 5.66. The zero-order valence-electron chi connectivity index (χ0n) is 15.5. The molecule has 0 saturated heterocycles. The fraction of sp³-hybridized carbons (Fsp3) is 0.762. The molecule has 2 aliphatic rings. The number of aliphatic hydroxyl groups excluding tert-OH is 2. The van der Waals surface area contributed by atoms with Crippen LogP contribution in [0, 0.1) is 17.8 Å². The van der Waals surface area contributed by atoms with Gasteiger partial charge in [0.1, 0.15) is 6.17 Å². The zero-order chi connectivity index (χ0) is 18.9. The third-order valence-electron chi connectivity index (χ3n) is 5.87. The van der Waals surface area contributed by atoms with Crippen LogP contribution in [0.25, 0.3) is 0 Å². The predicted molar refractivity (Wildman–Crippen MR) is 99.5 cm³/mol. The lowest BCUT2D eigenvalue weighted by Crippen LogP contribution is -2.22. The quantitative estimate of drug-likeness (QED) is 0.424. The van der Waals surface area contributed by atoms with E-state index in [0.717, 1.165) is 25.7 Å². The SMILES string of the molecule is O=C(O)CCC/C=C/CC1C(O)CC(F)C1/C=C/C(O)C1CCCCC1. The minimum atomic E-state index is -1.08. The Bertz CT molecular complexity index is 484. The molecule has 0 bridgehead atoms. The average molecular weight is 368 g/mol. The van der Waals surface area contributed by atoms with E-state index >= 15 is 0 Å². The van der Waals surface area contributed by atoms with Crippen LogP contribution >= 0.6 is 0 Å². The van der Waals surface area contributed by atoms with Crippen molar-refractivity contribution in [3.05, 3.63) is 24.3 Å². The van der Waals surface area contributed by atoms with Crippen LogP contribution in [-0.4, -0.2) is 39.7 Å². The topological polar surface area (TPSA) is 77.8 Å². The first kappa shape index (κ1) is 21.1. The Morgan fingerprint density at radius 2 is 1.92 bits per heavy atom. The number of carboxylic acids is 1. The van der Waals surface area contributed by atoms with Gasteiger partial charge in [0.15, 0.2) is 0 Å². The summed E-state index contributed by atoms with van der Waals surface area (Å²) in [5, 5.41) is 29.1. The summed E-state index contributed by atoms with van der Waals surface area (Å²) >= 11 is 0. The van der Waals surface area contributed by atoms with Crippen LogP contribution in [0.3, 0.4) is 0 Å². The molecule has 2 rings (SSSR count). The second-order valence-corrected chi connectivity index (χ2v) is 7.83. The minimum Gasteiger partial charge on any atom is -0.481 e. The van der Waals surface area contributed by atoms with Gasteiger partial charge in [0, 0.05) is 18.8 Å². The van der Waals surface area contributed by atoms with Crippen LogP contribution in [0.4, 0.5) is 4.39 Å². The molecule has 5 unspecified atom stereocenters. The third kappa shape index (κ3) is 6.51. The summed E-state index contributed by atoms with van der Waals surface area (Å²) in [5.41, 5.74) is 0. The fourth-order valence-electron chi connectivity index (χ4n) is 4.28. The van der Waals surface area contributed by atoms with E-state index in [1.807, 2.05) is 12.2 Å². The lowest BCUT2D eigenvalue weighted by Gasteiger charge is -2.25. The van der Waals surface area contributed by atoms with Crippen molar-refractivity contribution >= 4 is 5.97 Å². The normalized spacial score (nSPS) is 31.8. The standard InChI is InChI=1S/C21H33FO4/c22-18-14-20(24)17(10-6-1-2-7-11-21(25)26)16(18)12-13-19(23)15-8-4-3-5-9-15/h1,6,12-13,15-20,23-24H,2-5,7-11,14H2,(H,25,26)/b6-1+,13-12+. The monoisotopic (exact) mass is 368 g/mol. The van der Waals surface area contributed by atoms with Crippen molar-refractivity contribution in [1.29, 1.82) is 0 Å². The molecule has 5 heteroatoms. The van der Waals surface area contributed by atoms with Gasteiger partial charge in [0.25, 0.3) is 0 Å². The van der Waals surface area contributed by atoms with Crippen molar-refractivity contribution in [2.45, 2.75) is 82.6 Å². The molecule has 26 heavy (non-hydrogen) atoms. The van der Waals surface area contributed by atoms with Crippen LogP contribution in [0.2, 0.25) is 0 Å². The number of rotatable bonds is 9. The summed E-state index contributed by atoms with van der Waals surface area (Å²) < 4.78 is 14.3. The van der Waals surface area contributed by atoms with E-state index in [2.05, 4.69) is 0 Å². The van der Waals surface area contributed by atoms with Crippen LogP contribution in [0.15, 0.2) is 24.3 Å². The number of hydrogen-bond donors (Lipinski definition) is 3. The number of carbonyl (C=O) groups is 1. The molecule has 0 spiro atoms. The van der Waals surface area contributed by atoms with Gasteiger partial charge in [-0.15, -0.1) is 0 Å². The van der Waals surface area contributed by atoms with Gasteiger partial charge >= 0.3 is 5.97 Å². The van der Waals surface area contributed by atoms with Crippen LogP contribution in [0.5, 0.6) is 0 Å². The molecular weight excluding hydrogens is 335 g/mol. The predicted octanol–water partition coefficient (Wildman–Crippen LogP) is 4.02. The Balaban J connectivity index is 1.84. The van der Waals surface area contributed by atoms with Crippen molar-refractivity contribution < 1.29 is 24.5 Å². The number of allylic oxidation sites excluding steroid dienone is 3. The average Bonchev–Trinajstić information content (AvgIpc) is 2.89. The summed E-state index contributed by atoms with van der Waals surface area (Å²) in [6, 6.07) is 0. The van der Waals surface area contributed by atoms with E-state index in [1.165, 1.54) is 6.42 Å². The number of aliphatic carboxylic acids is 1. The smallest absolute Gasteiger partial charge is 0.303 e. The Hall–Kier alpha value is -1.20. The molecule has 0 radical (unpaired) electrons. The minimum absolute atomic E-state index is 0.145. The van der Waals surface area contributed by atoms with Crippen molar-refractivity contribution in [3.63, 3.8) is 0 Å². The maximum atomic E-state index is 14.3. The Labute approximate surface area is 155 Å². The fourth-order valence-corrected chi connectivity index (χ4v) is 4.28. The molecule has 5 atom stereocenters. The molecule has 2 saturated carbocycles. The van der Waals surface area contributed by atoms with Gasteiger partial charge < -0.3 is 15.3 Å². The maximum absolute atomic E-state index is 14.3. The summed E-state index contributed by atoms with van der Waals surface area (Å²) in [6.07, 6.45) is 12.8. The zero-order valence-corrected chi connectivity index (χ0v) is 15.5. The van der Waals surface area contributed by atoms with E-state index in [0.29, 0.717) is 19.3 Å². The highest BCUT2D eigenvalue weighted by Gasteiger charge is 2.40. The summed E-state index contributed by atoms with van der Waals surface area (Å²) in [7, 11) is 0. The second-order valence-electron chi connectivity index (χ2n) is 7.83. The van der Waals surface area contributed by atoms with Crippen molar-refractivity contribution in [1.82, 2.24) is 0 Å². The molecule has 2 aliphatic carbocycles. The van der Waals surface area contributed by atoms with Gasteiger partial charge in [-0.05, 0) is 43.9 Å². The largest absolute Gasteiger partial charge is 0.481 e. The molecular formula is C21H33FO4. The van der Waals surface area contributed by atoms with Crippen LogP contribution in [-0.2, 0) is 4.79 Å². The molecule has 0 heterocycles. The number of halogens is 1.